The van der Waals surface area contributed by atoms with Crippen molar-refractivity contribution >= 4 is 44.7 Å². The van der Waals surface area contributed by atoms with E-state index in [-0.39, 0.29) is 58.0 Å². The molecule has 0 aromatic heterocycles. The molecule has 0 fully saturated rings. The molecular weight excluding hydrogens is 512 g/mol. The number of nitrogens with zero attached hydrogens (tertiary/aromatic N) is 2. The molecule has 0 radical (unpaired) electrons. The quantitative estimate of drug-likeness (QED) is 0.370. The van der Waals surface area contributed by atoms with Crippen LogP contribution in [0.4, 0.5) is 5.69 Å². The number of hydrogen-bond donors (Lipinski definition) is 0. The molecule has 0 unspecified atom stereocenters. The van der Waals surface area contributed by atoms with Gasteiger partial charge in [-0.2, -0.15) is 0 Å². The van der Waals surface area contributed by atoms with Crippen LogP contribution in [0.2, 0.25) is 0 Å². The van der Waals surface area contributed by atoms with Crippen LogP contribution in [0.3, 0.4) is 0 Å². The van der Waals surface area contributed by atoms with E-state index in [1.165, 1.54) is 12.1 Å². The Hall–Kier alpha value is -1.62. The fourth-order valence-corrected chi connectivity index (χ4v) is 3.90. The van der Waals surface area contributed by atoms with Crippen LogP contribution in [0.15, 0.2) is 94.8 Å². The predicted octanol–water partition coefficient (Wildman–Crippen LogP) is 1.22. The molecule has 1 aliphatic rings. The molecule has 0 saturated carbocycles. The van der Waals surface area contributed by atoms with E-state index in [9.17, 15) is 8.42 Å². The summed E-state index contributed by atoms with van der Waals surface area (Å²) in [4.78, 5) is 4.78. The van der Waals surface area contributed by atoms with Gasteiger partial charge in [0, 0.05) is 5.56 Å². The van der Waals surface area contributed by atoms with Gasteiger partial charge in [-0.3, -0.25) is 0 Å². The van der Waals surface area contributed by atoms with Crippen LogP contribution >= 0.6 is 0 Å². The van der Waals surface area contributed by atoms with Gasteiger partial charge in [-0.1, -0.05) is 72.8 Å². The smallest absolute Gasteiger partial charge is 1.00 e. The van der Waals surface area contributed by atoms with Crippen molar-refractivity contribution < 1.29 is 37.1 Å². The van der Waals surface area contributed by atoms with Gasteiger partial charge in [0.05, 0.1) is 4.90 Å². The molecule has 0 saturated heterocycles. The Bertz CT molecular complexity index is 1080. The first-order chi connectivity index (χ1) is 13.1. The number of sulfonamides is 1. The SMILES string of the molecule is O=S(=O)([N-]c1ccccc1C1=N[C@H](c2ccccc2)CO1)c1ccccc1.[I-].[Mg+2]. The molecular formula is C21H17IMgN2O3S. The fourth-order valence-electron chi connectivity index (χ4n) is 2.88. The van der Waals surface area contributed by atoms with Crippen molar-refractivity contribution in [1.82, 2.24) is 0 Å². The van der Waals surface area contributed by atoms with Crippen LogP contribution in [0.5, 0.6) is 0 Å². The molecule has 1 heterocycles. The van der Waals surface area contributed by atoms with Crippen molar-refractivity contribution in [2.75, 3.05) is 6.61 Å². The first-order valence-electron chi connectivity index (χ1n) is 8.51. The van der Waals surface area contributed by atoms with E-state index in [0.717, 1.165) is 5.56 Å². The Kier molecular flexibility index (Phi) is 8.50. The summed E-state index contributed by atoms with van der Waals surface area (Å²) in [7, 11) is -3.82. The summed E-state index contributed by atoms with van der Waals surface area (Å²) in [6, 6.07) is 24.9. The summed E-state index contributed by atoms with van der Waals surface area (Å²) in [6.07, 6.45) is 0. The van der Waals surface area contributed by atoms with Gasteiger partial charge < -0.3 is 33.4 Å². The van der Waals surface area contributed by atoms with Crippen molar-refractivity contribution in [2.45, 2.75) is 10.9 Å². The van der Waals surface area contributed by atoms with Crippen molar-refractivity contribution in [3.05, 3.63) is 101 Å². The third kappa shape index (κ3) is 5.50. The molecule has 0 spiro atoms. The summed E-state index contributed by atoms with van der Waals surface area (Å²) >= 11 is 0. The van der Waals surface area contributed by atoms with Gasteiger partial charge in [-0.25, -0.2) is 13.4 Å². The first-order valence-corrected chi connectivity index (χ1v) is 9.95. The van der Waals surface area contributed by atoms with Gasteiger partial charge in [0.15, 0.2) is 0 Å². The van der Waals surface area contributed by atoms with Gasteiger partial charge in [-0.15, -0.1) is 5.69 Å². The molecule has 5 nitrogen and oxygen atoms in total. The maximum absolute atomic E-state index is 12.6. The molecule has 1 atom stereocenters. The minimum absolute atomic E-state index is 0. The second-order valence-corrected chi connectivity index (χ2v) is 7.67. The van der Waals surface area contributed by atoms with Crippen LogP contribution in [-0.2, 0) is 14.8 Å². The second-order valence-electron chi connectivity index (χ2n) is 6.07. The van der Waals surface area contributed by atoms with Crippen LogP contribution in [0.25, 0.3) is 4.72 Å². The van der Waals surface area contributed by atoms with Gasteiger partial charge >= 0.3 is 23.1 Å². The van der Waals surface area contributed by atoms with E-state index < -0.39 is 10.0 Å². The summed E-state index contributed by atoms with van der Waals surface area (Å²) in [6.45, 7) is 0.416. The molecule has 0 aliphatic carbocycles. The largest absolute Gasteiger partial charge is 2.00 e. The summed E-state index contributed by atoms with van der Waals surface area (Å²) in [5, 5.41) is 0. The fraction of sp³-hybridized carbons (Fsp3) is 0.0952. The molecule has 29 heavy (non-hydrogen) atoms. The first kappa shape index (κ1) is 23.7. The molecule has 4 rings (SSSR count). The minimum atomic E-state index is -3.82. The van der Waals surface area contributed by atoms with Crippen molar-refractivity contribution in [3.8, 4) is 0 Å². The zero-order chi connectivity index (χ0) is 18.7. The van der Waals surface area contributed by atoms with Crippen LogP contribution in [0, 0.1) is 0 Å². The van der Waals surface area contributed by atoms with Crippen LogP contribution < -0.4 is 24.0 Å². The number of benzene rings is 3. The van der Waals surface area contributed by atoms with Crippen LogP contribution in [-0.4, -0.2) is 44.0 Å². The average Bonchev–Trinajstić information content (AvgIpc) is 3.20. The second kappa shape index (κ2) is 10.4. The Morgan fingerprint density at radius 1 is 0.862 bits per heavy atom. The monoisotopic (exact) mass is 528 g/mol. The maximum atomic E-state index is 12.6. The summed E-state index contributed by atoms with van der Waals surface area (Å²) in [5.41, 5.74) is 1.93. The number of aliphatic imine (C=N–C) groups is 1. The molecule has 0 bridgehead atoms. The predicted molar refractivity (Wildman–Crippen MR) is 111 cm³/mol. The number of hydrogen-bond acceptors (Lipinski definition) is 4. The summed E-state index contributed by atoms with van der Waals surface area (Å²) < 4.78 is 35.0. The zero-order valence-corrected chi connectivity index (χ0v) is 19.9. The van der Waals surface area contributed by atoms with Crippen molar-refractivity contribution in [1.29, 1.82) is 0 Å². The minimum Gasteiger partial charge on any atom is -1.00 e. The Labute approximate surface area is 203 Å². The number of halogens is 1. The average molecular weight is 529 g/mol. The van der Waals surface area contributed by atoms with E-state index in [1.54, 1.807) is 36.4 Å². The van der Waals surface area contributed by atoms with Crippen molar-refractivity contribution in [2.24, 2.45) is 4.99 Å². The Morgan fingerprint density at radius 3 is 2.14 bits per heavy atom. The summed E-state index contributed by atoms with van der Waals surface area (Å²) in [5.74, 6) is 0.409. The van der Waals surface area contributed by atoms with E-state index in [1.807, 2.05) is 36.4 Å². The third-order valence-corrected chi connectivity index (χ3v) is 5.53. The standard InChI is InChI=1S/C21H17N2O3S.HI.Mg/c24-27(25,17-11-5-2-6-12-17)23-19-14-8-7-13-18(19)21-22-20(15-26-21)16-9-3-1-4-10-16;;/h1-14,20H,15H2;1H;/q-1;;+2/p-1/t20-;;/m0../s1. The van der Waals surface area contributed by atoms with E-state index in [0.29, 0.717) is 23.8 Å². The Morgan fingerprint density at radius 2 is 1.45 bits per heavy atom. The normalized spacial score (nSPS) is 15.3. The van der Waals surface area contributed by atoms with Gasteiger partial charge in [0.1, 0.15) is 22.7 Å². The third-order valence-electron chi connectivity index (χ3n) is 4.23. The van der Waals surface area contributed by atoms with Gasteiger partial charge in [0.2, 0.25) is 5.90 Å². The maximum Gasteiger partial charge on any atom is 2.00 e. The van der Waals surface area contributed by atoms with Crippen molar-refractivity contribution in [3.63, 3.8) is 0 Å². The Balaban J connectivity index is 0.00000150. The zero-order valence-electron chi connectivity index (χ0n) is 15.5. The number of ether oxygens (including phenoxy) is 1. The van der Waals surface area contributed by atoms with Gasteiger partial charge in [0.25, 0.3) is 0 Å². The molecule has 1 aliphatic heterocycles. The molecule has 0 amide bonds. The van der Waals surface area contributed by atoms with E-state index >= 15 is 0 Å². The van der Waals surface area contributed by atoms with E-state index in [2.05, 4.69) is 9.71 Å². The molecule has 3 aromatic rings. The molecule has 3 aromatic carbocycles. The van der Waals surface area contributed by atoms with Crippen LogP contribution in [0.1, 0.15) is 17.2 Å². The molecule has 8 heteroatoms. The van der Waals surface area contributed by atoms with Gasteiger partial charge in [-0.05, 0) is 17.7 Å². The van der Waals surface area contributed by atoms with E-state index in [4.69, 9.17) is 4.74 Å². The molecule has 0 N–H and O–H groups in total. The molecule has 144 valence electrons. The topological polar surface area (TPSA) is 69.8 Å². The number of rotatable bonds is 5.